The Kier molecular flexibility index (Phi) is 7.09. The summed E-state index contributed by atoms with van der Waals surface area (Å²) in [4.78, 5) is 32.9. The van der Waals surface area contributed by atoms with Gasteiger partial charge in [0.05, 0.1) is 40.6 Å². The van der Waals surface area contributed by atoms with Crippen LogP contribution in [0.25, 0.3) is 21.3 Å². The van der Waals surface area contributed by atoms with Gasteiger partial charge in [0, 0.05) is 58.7 Å². The van der Waals surface area contributed by atoms with Gasteiger partial charge in [0.1, 0.15) is 18.9 Å². The molecule has 224 valence electrons. The van der Waals surface area contributed by atoms with Gasteiger partial charge in [-0.2, -0.15) is 18.4 Å². The number of fused-ring (bicyclic) bond motifs is 2. The Labute approximate surface area is 248 Å². The normalized spacial score (nSPS) is 18.0. The first-order valence-corrected chi connectivity index (χ1v) is 14.6. The molecule has 1 fully saturated rings. The molecule has 2 aliphatic heterocycles. The minimum Gasteiger partial charge on any atom is -0.489 e. The number of thiophene rings is 1. The average molecular weight is 611 g/mol. The molecule has 0 bridgehead atoms. The quantitative estimate of drug-likeness (QED) is 0.357. The Bertz CT molecular complexity index is 1900. The maximum Gasteiger partial charge on any atom is 0.406 e. The number of nitriles is 1. The van der Waals surface area contributed by atoms with Gasteiger partial charge in [-0.05, 0) is 44.9 Å². The number of pyridine rings is 1. The van der Waals surface area contributed by atoms with Gasteiger partial charge in [0.25, 0.3) is 5.56 Å². The number of hydrogen-bond acceptors (Lipinski definition) is 8. The molecule has 13 heteroatoms. The molecule has 4 aromatic rings. The van der Waals surface area contributed by atoms with E-state index in [1.165, 1.54) is 11.3 Å². The van der Waals surface area contributed by atoms with E-state index < -0.39 is 24.0 Å². The molecule has 2 aliphatic rings. The summed E-state index contributed by atoms with van der Waals surface area (Å²) < 4.78 is 47.2. The molecule has 9 nitrogen and oxygen atoms in total. The predicted octanol–water partition coefficient (Wildman–Crippen LogP) is 4.42. The van der Waals surface area contributed by atoms with Crippen molar-refractivity contribution >= 4 is 27.2 Å². The third-order valence-electron chi connectivity index (χ3n) is 7.94. The predicted molar refractivity (Wildman–Crippen MR) is 158 cm³/mol. The van der Waals surface area contributed by atoms with Crippen molar-refractivity contribution in [2.24, 2.45) is 0 Å². The number of nitrogens with one attached hydrogen (secondary N) is 1. The van der Waals surface area contributed by atoms with Gasteiger partial charge in [0.2, 0.25) is 0 Å². The van der Waals surface area contributed by atoms with Gasteiger partial charge in [-0.3, -0.25) is 18.9 Å². The number of halogens is 3. The fourth-order valence-corrected chi connectivity index (χ4v) is 7.26. The number of aromatic nitrogens is 3. The Morgan fingerprint density at radius 2 is 2.05 bits per heavy atom. The van der Waals surface area contributed by atoms with Crippen LogP contribution in [0, 0.1) is 18.3 Å². The topological polar surface area (TPSA) is 105 Å². The molecule has 0 radical (unpaired) electrons. The van der Waals surface area contributed by atoms with Crippen LogP contribution < -0.4 is 26.2 Å². The summed E-state index contributed by atoms with van der Waals surface area (Å²) in [5.74, 6) is 0.632. The molecule has 0 aliphatic carbocycles. The highest BCUT2D eigenvalue weighted by Gasteiger charge is 2.37. The second-order valence-corrected chi connectivity index (χ2v) is 12.8. The first-order valence-electron chi connectivity index (χ1n) is 13.8. The SMILES string of the molecule is Cc1cnc2cc(Cn3c(=O)ccn(CC(F)(F)F)c3=O)sc2c1-c1cc(C#N)cc2c1N([C@H]1CNC(C)(C)C1)CCO2. The minimum absolute atomic E-state index is 0.0212. The van der Waals surface area contributed by atoms with Gasteiger partial charge in [0.15, 0.2) is 0 Å². The zero-order valence-corrected chi connectivity index (χ0v) is 24.6. The van der Waals surface area contributed by atoms with E-state index in [2.05, 4.69) is 35.1 Å². The zero-order valence-electron chi connectivity index (χ0n) is 23.8. The summed E-state index contributed by atoms with van der Waals surface area (Å²) in [5.41, 5.74) is 2.74. The van der Waals surface area contributed by atoms with E-state index in [1.54, 1.807) is 18.3 Å². The maximum absolute atomic E-state index is 13.0. The van der Waals surface area contributed by atoms with Crippen LogP contribution in [-0.2, 0) is 13.1 Å². The number of nitrogens with zero attached hydrogens (tertiary/aromatic N) is 5. The van der Waals surface area contributed by atoms with E-state index in [1.807, 2.05) is 13.0 Å². The third kappa shape index (κ3) is 5.52. The van der Waals surface area contributed by atoms with Crippen LogP contribution in [0.2, 0.25) is 0 Å². The van der Waals surface area contributed by atoms with Crippen LogP contribution in [0.1, 0.15) is 36.3 Å². The molecular formula is C30H29F3N6O3S. The van der Waals surface area contributed by atoms with Gasteiger partial charge in [-0.1, -0.05) is 0 Å². The Morgan fingerprint density at radius 1 is 1.26 bits per heavy atom. The largest absolute Gasteiger partial charge is 0.489 e. The molecular weight excluding hydrogens is 581 g/mol. The molecule has 3 aromatic heterocycles. The Hall–Kier alpha value is -4.15. The number of aryl methyl sites for hydroxylation is 1. The monoisotopic (exact) mass is 610 g/mol. The summed E-state index contributed by atoms with van der Waals surface area (Å²) in [6, 6.07) is 8.78. The Balaban J connectivity index is 1.48. The fraction of sp³-hybridized carbons (Fsp3) is 0.400. The van der Waals surface area contributed by atoms with E-state index >= 15 is 0 Å². The molecule has 6 rings (SSSR count). The van der Waals surface area contributed by atoms with E-state index in [-0.39, 0.29) is 18.1 Å². The van der Waals surface area contributed by atoms with Crippen molar-refractivity contribution in [3.63, 3.8) is 0 Å². The lowest BCUT2D eigenvalue weighted by molar-refractivity contribution is -0.141. The van der Waals surface area contributed by atoms with E-state index in [0.29, 0.717) is 39.4 Å². The number of benzene rings is 1. The smallest absolute Gasteiger partial charge is 0.406 e. The molecule has 1 saturated heterocycles. The number of anilines is 1. The van der Waals surface area contributed by atoms with E-state index in [0.717, 1.165) is 56.9 Å². The van der Waals surface area contributed by atoms with Gasteiger partial charge >= 0.3 is 11.9 Å². The van der Waals surface area contributed by atoms with Crippen molar-refractivity contribution in [2.45, 2.75) is 58.0 Å². The van der Waals surface area contributed by atoms with Crippen LogP contribution in [0.3, 0.4) is 0 Å². The van der Waals surface area contributed by atoms with Gasteiger partial charge in [-0.25, -0.2) is 4.79 Å². The number of ether oxygens (including phenoxy) is 1. The van der Waals surface area contributed by atoms with Crippen LogP contribution >= 0.6 is 11.3 Å². The molecule has 0 amide bonds. The van der Waals surface area contributed by atoms with Crippen LogP contribution in [-0.4, -0.2) is 51.6 Å². The van der Waals surface area contributed by atoms with Crippen molar-refractivity contribution in [3.05, 3.63) is 73.5 Å². The second kappa shape index (κ2) is 10.5. The van der Waals surface area contributed by atoms with E-state index in [4.69, 9.17) is 4.74 Å². The van der Waals surface area contributed by atoms with Crippen molar-refractivity contribution in [3.8, 4) is 22.9 Å². The minimum atomic E-state index is -4.61. The number of hydrogen-bond donors (Lipinski definition) is 1. The molecule has 43 heavy (non-hydrogen) atoms. The van der Waals surface area contributed by atoms with E-state index in [9.17, 15) is 28.0 Å². The van der Waals surface area contributed by atoms with Crippen molar-refractivity contribution in [2.75, 3.05) is 24.6 Å². The molecule has 0 spiro atoms. The van der Waals surface area contributed by atoms with Crippen LogP contribution in [0.4, 0.5) is 18.9 Å². The lowest BCUT2D eigenvalue weighted by Gasteiger charge is -2.38. The van der Waals surface area contributed by atoms with Crippen molar-refractivity contribution in [1.29, 1.82) is 5.26 Å². The van der Waals surface area contributed by atoms with Crippen LogP contribution in [0.5, 0.6) is 5.75 Å². The highest BCUT2D eigenvalue weighted by Crippen LogP contribution is 2.47. The zero-order chi connectivity index (χ0) is 30.7. The summed E-state index contributed by atoms with van der Waals surface area (Å²) in [6.45, 7) is 6.56. The molecule has 0 unspecified atom stereocenters. The molecule has 5 heterocycles. The lowest BCUT2D eigenvalue weighted by atomic mass is 9.94. The first-order chi connectivity index (χ1) is 20.3. The fourth-order valence-electron chi connectivity index (χ4n) is 6.05. The second-order valence-electron chi connectivity index (χ2n) is 11.7. The van der Waals surface area contributed by atoms with Crippen molar-refractivity contribution in [1.82, 2.24) is 19.4 Å². The van der Waals surface area contributed by atoms with Gasteiger partial charge in [-0.15, -0.1) is 11.3 Å². The summed E-state index contributed by atoms with van der Waals surface area (Å²) >= 11 is 1.31. The molecule has 1 aromatic carbocycles. The first kappa shape index (κ1) is 28.9. The summed E-state index contributed by atoms with van der Waals surface area (Å²) in [5, 5.41) is 13.5. The lowest BCUT2D eigenvalue weighted by Crippen LogP contribution is -2.42. The summed E-state index contributed by atoms with van der Waals surface area (Å²) in [6.07, 6.45) is -1.09. The Morgan fingerprint density at radius 3 is 2.74 bits per heavy atom. The highest BCUT2D eigenvalue weighted by molar-refractivity contribution is 7.19. The molecule has 0 saturated carbocycles. The standard InChI is InChI=1S/C30H29F3N6O3S/c1-17-13-35-22-10-20(15-39-24(40)4-5-37(28(39)41)16-30(31,32)33)43-27(22)25(17)21-8-18(12-34)9-23-26(21)38(6-7-42-23)19-11-29(2,3)36-14-19/h4-5,8-10,13,19,36H,6-7,11,14-16H2,1-3H3/t19-/m1/s1. The van der Waals surface area contributed by atoms with Crippen molar-refractivity contribution < 1.29 is 17.9 Å². The van der Waals surface area contributed by atoms with Crippen LogP contribution in [0.15, 0.2) is 46.2 Å². The van der Waals surface area contributed by atoms with Gasteiger partial charge < -0.3 is 15.0 Å². The number of alkyl halides is 3. The summed E-state index contributed by atoms with van der Waals surface area (Å²) in [7, 11) is 0. The number of rotatable bonds is 5. The maximum atomic E-state index is 13.0. The highest BCUT2D eigenvalue weighted by atomic mass is 32.1. The average Bonchev–Trinajstić information content (AvgIpc) is 3.53. The third-order valence-corrected chi connectivity index (χ3v) is 9.07. The molecule has 1 N–H and O–H groups in total. The molecule has 1 atom stereocenters.